The molecule has 2 aromatic carbocycles. The lowest BCUT2D eigenvalue weighted by Gasteiger charge is -2.25. The molecule has 56 heavy (non-hydrogen) atoms. The number of esters is 2. The standard InChI is InChI=1S/C40H50N4O10S2/c1-7-11-19-31(45)43(5)55(49,50)29-25-27-17-15-23-41-37(27)35(39(29)53-33(47)21-13-9-3)36-38-28(18-16-24-42-38)26-30(40(36)54-34(48)22-14-10-4)56(51,52)44(6)32(46)20-12-8-2/h15-18,23-26H,7-14,19-22H2,1-6H3. The summed E-state index contributed by atoms with van der Waals surface area (Å²) in [6.45, 7) is 7.43. The van der Waals surface area contributed by atoms with Gasteiger partial charge in [0.25, 0.3) is 20.0 Å². The van der Waals surface area contributed by atoms with E-state index in [4.69, 9.17) is 9.47 Å². The highest BCUT2D eigenvalue weighted by Gasteiger charge is 2.38. The van der Waals surface area contributed by atoms with E-state index in [1.807, 2.05) is 27.7 Å². The zero-order chi connectivity index (χ0) is 41.2. The van der Waals surface area contributed by atoms with E-state index in [2.05, 4.69) is 9.97 Å². The first-order chi connectivity index (χ1) is 26.6. The Bertz CT molecular complexity index is 2170. The fraction of sp³-hybridized carbons (Fsp3) is 0.450. The average molecular weight is 811 g/mol. The molecule has 16 heteroatoms. The first kappa shape index (κ1) is 43.8. The molecule has 0 aliphatic rings. The van der Waals surface area contributed by atoms with Gasteiger partial charge in [0.2, 0.25) is 11.8 Å². The molecule has 14 nitrogen and oxygen atoms in total. The predicted molar refractivity (Wildman–Crippen MR) is 212 cm³/mol. The predicted octanol–water partition coefficient (Wildman–Crippen LogP) is 7.32. The second-order valence-corrected chi connectivity index (χ2v) is 17.3. The van der Waals surface area contributed by atoms with Gasteiger partial charge in [-0.1, -0.05) is 65.5 Å². The van der Waals surface area contributed by atoms with Gasteiger partial charge in [0.1, 0.15) is 9.79 Å². The van der Waals surface area contributed by atoms with Crippen molar-refractivity contribution in [3.63, 3.8) is 0 Å². The Kier molecular flexibility index (Phi) is 15.1. The summed E-state index contributed by atoms with van der Waals surface area (Å²) in [5.41, 5.74) is -0.353. The molecule has 0 aliphatic heterocycles. The van der Waals surface area contributed by atoms with E-state index in [1.54, 1.807) is 24.3 Å². The quantitative estimate of drug-likeness (QED) is 0.0680. The third-order valence-electron chi connectivity index (χ3n) is 9.24. The van der Waals surface area contributed by atoms with Crippen molar-refractivity contribution in [3.05, 3.63) is 48.8 Å². The normalized spacial score (nSPS) is 11.8. The van der Waals surface area contributed by atoms with Crippen molar-refractivity contribution >= 4 is 65.6 Å². The molecule has 0 fully saturated rings. The minimum atomic E-state index is -4.78. The van der Waals surface area contributed by atoms with Gasteiger partial charge < -0.3 is 9.47 Å². The number of rotatable bonds is 19. The SMILES string of the molecule is CCCCC(=O)Oc1c(S(=O)(=O)N(C)C(=O)CCCC)cc2cccnc2c1-c1c(OC(=O)CCCC)c(S(=O)(=O)N(C)C(=O)CCCC)cc2cccnc12. The lowest BCUT2D eigenvalue weighted by Crippen LogP contribution is -2.34. The number of sulfonamides is 2. The summed E-state index contributed by atoms with van der Waals surface area (Å²) in [5, 5.41) is 0.410. The number of carbonyl (C=O) groups excluding carboxylic acids is 4. The van der Waals surface area contributed by atoms with Gasteiger partial charge in [0.15, 0.2) is 11.5 Å². The molecule has 302 valence electrons. The van der Waals surface area contributed by atoms with Gasteiger partial charge in [-0.25, -0.2) is 25.4 Å². The molecule has 2 heterocycles. The van der Waals surface area contributed by atoms with Crippen LogP contribution in [0.4, 0.5) is 0 Å². The fourth-order valence-electron chi connectivity index (χ4n) is 5.92. The number of amides is 2. The van der Waals surface area contributed by atoms with E-state index in [9.17, 15) is 36.0 Å². The van der Waals surface area contributed by atoms with Crippen LogP contribution in [0, 0.1) is 0 Å². The van der Waals surface area contributed by atoms with Crippen molar-refractivity contribution in [1.82, 2.24) is 18.6 Å². The van der Waals surface area contributed by atoms with Crippen LogP contribution in [-0.2, 0) is 39.2 Å². The first-order valence-corrected chi connectivity index (χ1v) is 21.8. The van der Waals surface area contributed by atoms with Crippen LogP contribution in [0.25, 0.3) is 32.9 Å². The van der Waals surface area contributed by atoms with Crippen molar-refractivity contribution in [1.29, 1.82) is 0 Å². The van der Waals surface area contributed by atoms with E-state index in [-0.39, 0.29) is 58.6 Å². The van der Waals surface area contributed by atoms with Crippen molar-refractivity contribution in [2.24, 2.45) is 0 Å². The van der Waals surface area contributed by atoms with Crippen LogP contribution in [0.2, 0.25) is 0 Å². The molecule has 0 saturated heterocycles. The number of pyridine rings is 2. The van der Waals surface area contributed by atoms with Gasteiger partial charge in [-0.05, 0) is 49.9 Å². The third-order valence-corrected chi connectivity index (χ3v) is 12.8. The lowest BCUT2D eigenvalue weighted by molar-refractivity contribution is -0.135. The largest absolute Gasteiger partial charge is 0.424 e. The van der Waals surface area contributed by atoms with Crippen LogP contribution in [-0.4, -0.2) is 73.3 Å². The van der Waals surface area contributed by atoms with Crippen molar-refractivity contribution in [2.75, 3.05) is 14.1 Å². The number of fused-ring (bicyclic) bond motifs is 2. The Morgan fingerprint density at radius 3 is 1.25 bits per heavy atom. The van der Waals surface area contributed by atoms with Gasteiger partial charge in [-0.15, -0.1) is 0 Å². The molecule has 0 saturated carbocycles. The smallest absolute Gasteiger partial charge is 0.311 e. The number of hydrogen-bond acceptors (Lipinski definition) is 12. The Morgan fingerprint density at radius 1 is 0.571 bits per heavy atom. The summed E-state index contributed by atoms with van der Waals surface area (Å²) in [5.74, 6) is -4.17. The van der Waals surface area contributed by atoms with Crippen LogP contribution in [0.3, 0.4) is 0 Å². The van der Waals surface area contributed by atoms with Gasteiger partial charge in [-0.3, -0.25) is 29.1 Å². The molecule has 2 aromatic heterocycles. The molecular formula is C40H50N4O10S2. The minimum absolute atomic E-state index is 0.0458. The molecule has 0 N–H and O–H groups in total. The number of unbranched alkanes of at least 4 members (excludes halogenated alkanes) is 4. The maximum atomic E-state index is 14.6. The van der Waals surface area contributed by atoms with E-state index in [0.29, 0.717) is 60.0 Å². The number of nitrogens with zero attached hydrogens (tertiary/aromatic N) is 4. The van der Waals surface area contributed by atoms with Crippen molar-refractivity contribution in [3.8, 4) is 22.6 Å². The van der Waals surface area contributed by atoms with Crippen LogP contribution in [0.5, 0.6) is 11.5 Å². The van der Waals surface area contributed by atoms with Crippen molar-refractivity contribution in [2.45, 2.75) is 115 Å². The molecule has 0 radical (unpaired) electrons. The number of ether oxygens (including phenoxy) is 2. The molecule has 0 unspecified atom stereocenters. The minimum Gasteiger partial charge on any atom is -0.424 e. The monoisotopic (exact) mass is 810 g/mol. The summed E-state index contributed by atoms with van der Waals surface area (Å²) < 4.78 is 71.4. The summed E-state index contributed by atoms with van der Waals surface area (Å²) in [6.07, 6.45) is 6.56. The Hall–Kier alpha value is -4.96. The van der Waals surface area contributed by atoms with Crippen molar-refractivity contribution < 1.29 is 45.5 Å². The molecule has 0 spiro atoms. The zero-order valence-electron chi connectivity index (χ0n) is 32.8. The molecule has 2 amide bonds. The number of aromatic nitrogens is 2. The van der Waals surface area contributed by atoms with Crippen LogP contribution in [0.15, 0.2) is 58.6 Å². The first-order valence-electron chi connectivity index (χ1n) is 18.9. The number of hydrogen-bond donors (Lipinski definition) is 0. The molecule has 4 rings (SSSR count). The van der Waals surface area contributed by atoms with E-state index in [1.165, 1.54) is 24.5 Å². The summed E-state index contributed by atoms with van der Waals surface area (Å²) in [4.78, 5) is 61.6. The van der Waals surface area contributed by atoms with E-state index in [0.717, 1.165) is 14.1 Å². The summed E-state index contributed by atoms with van der Waals surface area (Å²) >= 11 is 0. The maximum absolute atomic E-state index is 14.6. The highest BCUT2D eigenvalue weighted by molar-refractivity contribution is 7.90. The molecule has 0 aliphatic carbocycles. The number of benzene rings is 2. The fourth-order valence-corrected chi connectivity index (χ4v) is 8.53. The maximum Gasteiger partial charge on any atom is 0.311 e. The Labute approximate surface area is 328 Å². The molecule has 4 aromatic rings. The molecular weight excluding hydrogens is 761 g/mol. The van der Waals surface area contributed by atoms with E-state index < -0.39 is 65.1 Å². The summed E-state index contributed by atoms with van der Waals surface area (Å²) in [6, 6.07) is 8.66. The van der Waals surface area contributed by atoms with Crippen LogP contribution < -0.4 is 9.47 Å². The second kappa shape index (κ2) is 19.3. The summed E-state index contributed by atoms with van der Waals surface area (Å²) in [7, 11) is -7.34. The van der Waals surface area contributed by atoms with Gasteiger partial charge in [0, 0.05) is 62.9 Å². The van der Waals surface area contributed by atoms with Crippen LogP contribution >= 0.6 is 0 Å². The molecule has 0 bridgehead atoms. The van der Waals surface area contributed by atoms with Gasteiger partial charge in [0.05, 0.1) is 22.2 Å². The third kappa shape index (κ3) is 9.52. The Morgan fingerprint density at radius 2 is 0.911 bits per heavy atom. The van der Waals surface area contributed by atoms with Gasteiger partial charge >= 0.3 is 11.9 Å². The Balaban J connectivity index is 2.28. The van der Waals surface area contributed by atoms with E-state index >= 15 is 0 Å². The topological polar surface area (TPSA) is 187 Å². The van der Waals surface area contributed by atoms with Gasteiger partial charge in [-0.2, -0.15) is 0 Å². The zero-order valence-corrected chi connectivity index (χ0v) is 34.4. The number of carbonyl (C=O) groups is 4. The lowest BCUT2D eigenvalue weighted by atomic mass is 9.96. The highest BCUT2D eigenvalue weighted by Crippen LogP contribution is 2.50. The van der Waals surface area contributed by atoms with Crippen LogP contribution in [0.1, 0.15) is 105 Å². The average Bonchev–Trinajstić information content (AvgIpc) is 3.19. The second-order valence-electron chi connectivity index (χ2n) is 13.4. The molecule has 0 atom stereocenters. The highest BCUT2D eigenvalue weighted by atomic mass is 32.2.